The van der Waals surface area contributed by atoms with Gasteiger partial charge in [-0.25, -0.2) is 0 Å². The first kappa shape index (κ1) is 14.0. The predicted octanol–water partition coefficient (Wildman–Crippen LogP) is 1.98. The van der Waals surface area contributed by atoms with Crippen LogP contribution in [0.3, 0.4) is 0 Å². The molecular weight excluding hydrogens is 218 g/mol. The van der Waals surface area contributed by atoms with E-state index in [1.54, 1.807) is 4.90 Å². The molecule has 1 rings (SSSR count). The van der Waals surface area contributed by atoms with Gasteiger partial charge in [-0.1, -0.05) is 6.92 Å². The first-order valence-corrected chi connectivity index (χ1v) is 6.29. The molecule has 0 spiro atoms. The lowest BCUT2D eigenvalue weighted by Crippen LogP contribution is -2.38. The Morgan fingerprint density at radius 3 is 2.59 bits per heavy atom. The van der Waals surface area contributed by atoms with Gasteiger partial charge in [0.1, 0.15) is 11.5 Å². The van der Waals surface area contributed by atoms with Gasteiger partial charge in [0.25, 0.3) is 0 Å². The normalized spacial score (nSPS) is 22.8. The first-order chi connectivity index (χ1) is 7.76. The molecule has 4 heteroatoms. The highest BCUT2D eigenvalue weighted by Crippen LogP contribution is 2.24. The average molecular weight is 241 g/mol. The average Bonchev–Trinajstić information content (AvgIpc) is 2.56. The lowest BCUT2D eigenvalue weighted by atomic mass is 10.1. The molecule has 0 bridgehead atoms. The Morgan fingerprint density at radius 2 is 2.12 bits per heavy atom. The Morgan fingerprint density at radius 1 is 1.53 bits per heavy atom. The molecule has 2 unspecified atom stereocenters. The number of ether oxygens (including phenoxy) is 1. The van der Waals surface area contributed by atoms with Crippen molar-refractivity contribution in [3.05, 3.63) is 0 Å². The van der Waals surface area contributed by atoms with Crippen LogP contribution in [0.4, 0.5) is 0 Å². The fourth-order valence-corrected chi connectivity index (χ4v) is 1.95. The van der Waals surface area contributed by atoms with Gasteiger partial charge in [-0.05, 0) is 40.5 Å². The summed E-state index contributed by atoms with van der Waals surface area (Å²) >= 11 is 0. The van der Waals surface area contributed by atoms with Gasteiger partial charge in [0.15, 0.2) is 0 Å². The molecule has 4 nitrogen and oxygen atoms in total. The fraction of sp³-hybridized carbons (Fsp3) is 0.846. The minimum Gasteiger partial charge on any atom is -0.459 e. The van der Waals surface area contributed by atoms with E-state index >= 15 is 0 Å². The van der Waals surface area contributed by atoms with E-state index in [1.807, 2.05) is 34.6 Å². The minimum absolute atomic E-state index is 0.0754. The van der Waals surface area contributed by atoms with Crippen LogP contribution < -0.4 is 0 Å². The highest BCUT2D eigenvalue weighted by atomic mass is 16.6. The van der Waals surface area contributed by atoms with Crippen LogP contribution in [0.25, 0.3) is 0 Å². The Kier molecular flexibility index (Phi) is 4.17. The van der Waals surface area contributed by atoms with Crippen molar-refractivity contribution in [1.82, 2.24) is 4.90 Å². The largest absolute Gasteiger partial charge is 0.459 e. The molecule has 0 aromatic heterocycles. The zero-order valence-electron chi connectivity index (χ0n) is 11.4. The maximum absolute atomic E-state index is 12.1. The summed E-state index contributed by atoms with van der Waals surface area (Å²) in [4.78, 5) is 25.7. The Balaban J connectivity index is 2.64. The molecular formula is C13H23NO3. The second-order valence-corrected chi connectivity index (χ2v) is 5.66. The molecule has 0 saturated carbocycles. The molecule has 17 heavy (non-hydrogen) atoms. The maximum Gasteiger partial charge on any atom is 0.319 e. The van der Waals surface area contributed by atoms with Gasteiger partial charge in [-0.2, -0.15) is 0 Å². The predicted molar refractivity (Wildman–Crippen MR) is 65.4 cm³/mol. The van der Waals surface area contributed by atoms with Crippen molar-refractivity contribution >= 4 is 11.9 Å². The minimum atomic E-state index is -0.594. The molecule has 0 radical (unpaired) electrons. The number of carbonyl (C=O) groups is 2. The van der Waals surface area contributed by atoms with E-state index in [-0.39, 0.29) is 17.9 Å². The van der Waals surface area contributed by atoms with E-state index in [4.69, 9.17) is 4.74 Å². The van der Waals surface area contributed by atoms with Crippen molar-refractivity contribution in [1.29, 1.82) is 0 Å². The third kappa shape index (κ3) is 3.45. The van der Waals surface area contributed by atoms with E-state index in [2.05, 4.69) is 0 Å². The zero-order chi connectivity index (χ0) is 13.2. The standard InChI is InChI=1S/C13H23NO3/c1-6-9(2)14-8-7-10(11(14)15)12(16)17-13(3,4)5/h9-10H,6-8H2,1-5H3. The van der Waals surface area contributed by atoms with Crippen molar-refractivity contribution in [2.75, 3.05) is 6.54 Å². The number of esters is 1. The SMILES string of the molecule is CCC(C)N1CCC(C(=O)OC(C)(C)C)C1=O. The summed E-state index contributed by atoms with van der Waals surface area (Å²) in [6.45, 7) is 10.2. The van der Waals surface area contributed by atoms with Gasteiger partial charge >= 0.3 is 5.97 Å². The smallest absolute Gasteiger partial charge is 0.319 e. The number of carbonyl (C=O) groups excluding carboxylic acids is 2. The van der Waals surface area contributed by atoms with Gasteiger partial charge in [-0.3, -0.25) is 9.59 Å². The third-order valence-corrected chi connectivity index (χ3v) is 3.05. The van der Waals surface area contributed by atoms with Crippen LogP contribution in [0.15, 0.2) is 0 Å². The molecule has 1 heterocycles. The number of nitrogens with zero attached hydrogens (tertiary/aromatic N) is 1. The lowest BCUT2D eigenvalue weighted by molar-refractivity contribution is -0.162. The van der Waals surface area contributed by atoms with Crippen molar-refractivity contribution in [2.45, 2.75) is 59.1 Å². The molecule has 1 aliphatic rings. The number of likely N-dealkylation sites (tertiary alicyclic amines) is 1. The van der Waals surface area contributed by atoms with Gasteiger partial charge in [0.05, 0.1) is 0 Å². The molecule has 0 N–H and O–H groups in total. The van der Waals surface area contributed by atoms with Crippen LogP contribution >= 0.6 is 0 Å². The number of hydrogen-bond acceptors (Lipinski definition) is 3. The zero-order valence-corrected chi connectivity index (χ0v) is 11.4. The molecule has 98 valence electrons. The van der Waals surface area contributed by atoms with Crippen molar-refractivity contribution < 1.29 is 14.3 Å². The summed E-state index contributed by atoms with van der Waals surface area (Å²) in [5.74, 6) is -1.05. The van der Waals surface area contributed by atoms with E-state index < -0.39 is 11.5 Å². The monoisotopic (exact) mass is 241 g/mol. The van der Waals surface area contributed by atoms with Crippen molar-refractivity contribution in [2.24, 2.45) is 5.92 Å². The third-order valence-electron chi connectivity index (χ3n) is 3.05. The van der Waals surface area contributed by atoms with E-state index in [9.17, 15) is 9.59 Å². The van der Waals surface area contributed by atoms with Crippen LogP contribution in [-0.4, -0.2) is 35.0 Å². The van der Waals surface area contributed by atoms with Gasteiger partial charge in [0.2, 0.25) is 5.91 Å². The molecule has 1 amide bonds. The fourth-order valence-electron chi connectivity index (χ4n) is 1.95. The van der Waals surface area contributed by atoms with Crippen LogP contribution in [-0.2, 0) is 14.3 Å². The maximum atomic E-state index is 12.1. The Labute approximate surface area is 103 Å². The van der Waals surface area contributed by atoms with E-state index in [1.165, 1.54) is 0 Å². The molecule has 0 aromatic rings. The number of rotatable bonds is 3. The Bertz CT molecular complexity index is 306. The Hall–Kier alpha value is -1.06. The number of hydrogen-bond donors (Lipinski definition) is 0. The van der Waals surface area contributed by atoms with Gasteiger partial charge in [0, 0.05) is 12.6 Å². The van der Waals surface area contributed by atoms with Crippen LogP contribution in [0.1, 0.15) is 47.5 Å². The molecule has 2 atom stereocenters. The first-order valence-electron chi connectivity index (χ1n) is 6.29. The topological polar surface area (TPSA) is 46.6 Å². The quantitative estimate of drug-likeness (QED) is 0.560. The van der Waals surface area contributed by atoms with E-state index in [0.717, 1.165) is 6.42 Å². The van der Waals surface area contributed by atoms with Crippen molar-refractivity contribution in [3.63, 3.8) is 0 Å². The van der Waals surface area contributed by atoms with Gasteiger partial charge < -0.3 is 9.64 Å². The van der Waals surface area contributed by atoms with Crippen LogP contribution in [0.2, 0.25) is 0 Å². The summed E-state index contributed by atoms with van der Waals surface area (Å²) in [5, 5.41) is 0. The summed E-state index contributed by atoms with van der Waals surface area (Å²) in [7, 11) is 0. The second kappa shape index (κ2) is 5.07. The summed E-state index contributed by atoms with van der Waals surface area (Å²) in [5.41, 5.74) is -0.527. The van der Waals surface area contributed by atoms with Crippen LogP contribution in [0, 0.1) is 5.92 Å². The van der Waals surface area contributed by atoms with E-state index in [0.29, 0.717) is 13.0 Å². The molecule has 1 fully saturated rings. The summed E-state index contributed by atoms with van der Waals surface area (Å²) in [6, 6.07) is 0.204. The molecule has 1 aliphatic heterocycles. The van der Waals surface area contributed by atoms with Crippen LogP contribution in [0.5, 0.6) is 0 Å². The summed E-state index contributed by atoms with van der Waals surface area (Å²) < 4.78 is 5.27. The summed E-state index contributed by atoms with van der Waals surface area (Å²) in [6.07, 6.45) is 1.49. The molecule has 0 aromatic carbocycles. The molecule has 0 aliphatic carbocycles. The lowest BCUT2D eigenvalue weighted by Gasteiger charge is -2.24. The second-order valence-electron chi connectivity index (χ2n) is 5.66. The van der Waals surface area contributed by atoms with Gasteiger partial charge in [-0.15, -0.1) is 0 Å². The molecule has 1 saturated heterocycles. The highest BCUT2D eigenvalue weighted by molar-refractivity contribution is 5.99. The highest BCUT2D eigenvalue weighted by Gasteiger charge is 2.40. The van der Waals surface area contributed by atoms with Crippen molar-refractivity contribution in [3.8, 4) is 0 Å². The number of amides is 1.